The Morgan fingerprint density at radius 2 is 1.93 bits per heavy atom. The predicted octanol–water partition coefficient (Wildman–Crippen LogP) is 4.13. The Morgan fingerprint density at radius 3 is 2.66 bits per heavy atom. The first kappa shape index (κ1) is 19.3. The van der Waals surface area contributed by atoms with Crippen molar-refractivity contribution in [3.05, 3.63) is 53.6 Å². The van der Waals surface area contributed by atoms with Crippen molar-refractivity contribution in [3.8, 4) is 5.75 Å². The Labute approximate surface area is 171 Å². The molecule has 2 aliphatic heterocycles. The van der Waals surface area contributed by atoms with Gasteiger partial charge in [-0.25, -0.2) is 0 Å². The number of ether oxygens (including phenoxy) is 1. The van der Waals surface area contributed by atoms with Crippen molar-refractivity contribution in [3.63, 3.8) is 0 Å². The van der Waals surface area contributed by atoms with Crippen LogP contribution < -0.4 is 15.0 Å². The third-order valence-corrected chi connectivity index (χ3v) is 5.66. The van der Waals surface area contributed by atoms with Crippen LogP contribution in [0.15, 0.2) is 42.5 Å². The molecule has 152 valence electrons. The summed E-state index contributed by atoms with van der Waals surface area (Å²) in [5, 5.41) is 2.93. The van der Waals surface area contributed by atoms with Crippen LogP contribution in [0.5, 0.6) is 5.75 Å². The summed E-state index contributed by atoms with van der Waals surface area (Å²) in [5.41, 5.74) is 2.80. The Balaban J connectivity index is 1.58. The highest BCUT2D eigenvalue weighted by Crippen LogP contribution is 2.35. The van der Waals surface area contributed by atoms with E-state index >= 15 is 0 Å². The number of piperidine rings is 1. The van der Waals surface area contributed by atoms with Crippen LogP contribution in [0.2, 0.25) is 0 Å². The second kappa shape index (κ2) is 8.15. The van der Waals surface area contributed by atoms with Gasteiger partial charge in [0, 0.05) is 24.3 Å². The summed E-state index contributed by atoms with van der Waals surface area (Å²) in [5.74, 6) is 0.660. The van der Waals surface area contributed by atoms with Crippen LogP contribution in [0.3, 0.4) is 0 Å². The Bertz CT molecular complexity index is 910. The topological polar surface area (TPSA) is 61.9 Å². The van der Waals surface area contributed by atoms with Gasteiger partial charge in [-0.05, 0) is 75.6 Å². The van der Waals surface area contributed by atoms with Crippen molar-refractivity contribution < 1.29 is 14.3 Å². The third-order valence-electron chi connectivity index (χ3n) is 5.66. The number of hydrogen-bond donors (Lipinski definition) is 1. The molecule has 2 heterocycles. The van der Waals surface area contributed by atoms with Crippen LogP contribution in [0.1, 0.15) is 53.8 Å². The SMILES string of the molecule is CCOc1ccc(NC(=O)c2ccc3c(c2)N(CC)[C@H]2CCCCN2C3=O)cc1. The highest BCUT2D eigenvalue weighted by Gasteiger charge is 2.38. The minimum Gasteiger partial charge on any atom is -0.494 e. The molecule has 1 atom stereocenters. The average Bonchev–Trinajstić information content (AvgIpc) is 2.75. The molecule has 1 N–H and O–H groups in total. The molecule has 6 nitrogen and oxygen atoms in total. The first-order valence-electron chi connectivity index (χ1n) is 10.4. The van der Waals surface area contributed by atoms with Gasteiger partial charge in [-0.3, -0.25) is 9.59 Å². The first-order chi connectivity index (χ1) is 14.1. The first-order valence-corrected chi connectivity index (χ1v) is 10.4. The Hall–Kier alpha value is -3.02. The summed E-state index contributed by atoms with van der Waals surface area (Å²) >= 11 is 0. The van der Waals surface area contributed by atoms with E-state index in [-0.39, 0.29) is 18.0 Å². The van der Waals surface area contributed by atoms with E-state index in [1.165, 1.54) is 0 Å². The fraction of sp³-hybridized carbons (Fsp3) is 0.391. The zero-order valence-electron chi connectivity index (χ0n) is 17.0. The lowest BCUT2D eigenvalue weighted by molar-refractivity contribution is 0.0582. The van der Waals surface area contributed by atoms with Gasteiger partial charge in [0.05, 0.1) is 17.9 Å². The molecule has 0 aromatic heterocycles. The van der Waals surface area contributed by atoms with E-state index in [4.69, 9.17) is 4.74 Å². The molecule has 0 bridgehead atoms. The van der Waals surface area contributed by atoms with Crippen LogP contribution in [0, 0.1) is 0 Å². The maximum Gasteiger partial charge on any atom is 0.257 e. The number of nitrogens with one attached hydrogen (secondary N) is 1. The molecule has 1 fully saturated rings. The van der Waals surface area contributed by atoms with E-state index in [1.807, 2.05) is 42.2 Å². The van der Waals surface area contributed by atoms with Crippen molar-refractivity contribution >= 4 is 23.2 Å². The van der Waals surface area contributed by atoms with Gasteiger partial charge in [0.25, 0.3) is 11.8 Å². The second-order valence-electron chi connectivity index (χ2n) is 7.40. The van der Waals surface area contributed by atoms with Gasteiger partial charge >= 0.3 is 0 Å². The average molecular weight is 393 g/mol. The van der Waals surface area contributed by atoms with E-state index in [0.29, 0.717) is 23.4 Å². The number of carbonyl (C=O) groups excluding carboxylic acids is 2. The summed E-state index contributed by atoms with van der Waals surface area (Å²) in [7, 11) is 0. The largest absolute Gasteiger partial charge is 0.494 e. The number of benzene rings is 2. The van der Waals surface area contributed by atoms with Gasteiger partial charge in [-0.15, -0.1) is 0 Å². The maximum absolute atomic E-state index is 13.0. The summed E-state index contributed by atoms with van der Waals surface area (Å²) < 4.78 is 5.44. The smallest absolute Gasteiger partial charge is 0.257 e. The zero-order valence-corrected chi connectivity index (χ0v) is 17.0. The lowest BCUT2D eigenvalue weighted by Gasteiger charge is -2.47. The lowest BCUT2D eigenvalue weighted by Crippen LogP contribution is -2.57. The Kier molecular flexibility index (Phi) is 5.43. The van der Waals surface area contributed by atoms with E-state index in [0.717, 1.165) is 43.8 Å². The fourth-order valence-corrected chi connectivity index (χ4v) is 4.27. The van der Waals surface area contributed by atoms with Crippen LogP contribution in [0.25, 0.3) is 0 Å². The predicted molar refractivity (Wildman–Crippen MR) is 114 cm³/mol. The fourth-order valence-electron chi connectivity index (χ4n) is 4.27. The summed E-state index contributed by atoms with van der Waals surface area (Å²) in [6.45, 7) is 6.23. The van der Waals surface area contributed by atoms with Crippen LogP contribution in [-0.2, 0) is 0 Å². The summed E-state index contributed by atoms with van der Waals surface area (Å²) in [4.78, 5) is 30.0. The van der Waals surface area contributed by atoms with Crippen molar-refractivity contribution in [2.75, 3.05) is 29.9 Å². The number of fused-ring (bicyclic) bond motifs is 2. The van der Waals surface area contributed by atoms with E-state index < -0.39 is 0 Å². The Morgan fingerprint density at radius 1 is 1.14 bits per heavy atom. The van der Waals surface area contributed by atoms with Gasteiger partial charge in [-0.1, -0.05) is 0 Å². The molecule has 2 aromatic carbocycles. The molecule has 0 unspecified atom stereocenters. The van der Waals surface area contributed by atoms with Gasteiger partial charge in [0.15, 0.2) is 0 Å². The maximum atomic E-state index is 13.0. The van der Waals surface area contributed by atoms with Gasteiger partial charge in [0.1, 0.15) is 11.9 Å². The van der Waals surface area contributed by atoms with Crippen LogP contribution in [0.4, 0.5) is 11.4 Å². The van der Waals surface area contributed by atoms with E-state index in [1.54, 1.807) is 12.1 Å². The quantitative estimate of drug-likeness (QED) is 0.830. The van der Waals surface area contributed by atoms with Crippen LogP contribution in [-0.4, -0.2) is 42.6 Å². The molecular formula is C23H27N3O3. The summed E-state index contributed by atoms with van der Waals surface area (Å²) in [6, 6.07) is 12.7. The molecular weight excluding hydrogens is 366 g/mol. The van der Waals surface area contributed by atoms with E-state index in [9.17, 15) is 9.59 Å². The molecule has 1 saturated heterocycles. The van der Waals surface area contributed by atoms with E-state index in [2.05, 4.69) is 17.1 Å². The van der Waals surface area contributed by atoms with Gasteiger partial charge in [-0.2, -0.15) is 0 Å². The van der Waals surface area contributed by atoms with Crippen molar-refractivity contribution in [2.45, 2.75) is 39.3 Å². The number of anilines is 2. The minimum absolute atomic E-state index is 0.0767. The molecule has 29 heavy (non-hydrogen) atoms. The standard InChI is InChI=1S/C23H27N3O3/c1-3-25-20-15-16(22(27)24-17-9-11-18(12-10-17)29-4-2)8-13-19(20)23(28)26-14-6-5-7-21(25)26/h8-13,15,21H,3-7,14H2,1-2H3,(H,24,27)/t21-/m1/s1. The molecule has 0 spiro atoms. The minimum atomic E-state index is -0.188. The molecule has 2 aliphatic rings. The number of nitrogens with zero attached hydrogens (tertiary/aromatic N) is 2. The van der Waals surface area contributed by atoms with Crippen molar-refractivity contribution in [1.29, 1.82) is 0 Å². The molecule has 2 aromatic rings. The molecule has 0 aliphatic carbocycles. The van der Waals surface area contributed by atoms with Crippen molar-refractivity contribution in [2.24, 2.45) is 0 Å². The normalized spacial score (nSPS) is 18.1. The molecule has 0 saturated carbocycles. The summed E-state index contributed by atoms with van der Waals surface area (Å²) in [6.07, 6.45) is 3.25. The lowest BCUT2D eigenvalue weighted by atomic mass is 9.97. The molecule has 4 rings (SSSR count). The van der Waals surface area contributed by atoms with Gasteiger partial charge in [0.2, 0.25) is 0 Å². The molecule has 0 radical (unpaired) electrons. The number of amides is 2. The van der Waals surface area contributed by atoms with Gasteiger partial charge < -0.3 is 19.9 Å². The zero-order chi connectivity index (χ0) is 20.4. The third kappa shape index (κ3) is 3.67. The molecule has 2 amide bonds. The van der Waals surface area contributed by atoms with Crippen LogP contribution >= 0.6 is 0 Å². The highest BCUT2D eigenvalue weighted by atomic mass is 16.5. The number of hydrogen-bond acceptors (Lipinski definition) is 4. The molecule has 6 heteroatoms. The monoisotopic (exact) mass is 393 g/mol. The van der Waals surface area contributed by atoms with Crippen molar-refractivity contribution in [1.82, 2.24) is 4.90 Å². The second-order valence-corrected chi connectivity index (χ2v) is 7.40. The number of rotatable bonds is 5. The number of carbonyl (C=O) groups is 2. The highest BCUT2D eigenvalue weighted by molar-refractivity contribution is 6.08.